The van der Waals surface area contributed by atoms with Crippen LogP contribution in [0, 0.1) is 11.3 Å². The quantitative estimate of drug-likeness (QED) is 0.569. The lowest BCUT2D eigenvalue weighted by Crippen LogP contribution is -1.83. The first-order chi connectivity index (χ1) is 4.88. The molecule has 0 atom stereocenters. The molecule has 0 amide bonds. The zero-order valence-electron chi connectivity index (χ0n) is 5.63. The minimum absolute atomic E-state index is 0.630. The number of H-pyrrole nitrogens is 1. The molecule has 1 N–H and O–H groups in total. The zero-order valence-corrected chi connectivity index (χ0v) is 5.63. The topological polar surface area (TPSA) is 51.9 Å². The van der Waals surface area contributed by atoms with E-state index in [-0.39, 0.29) is 0 Å². The summed E-state index contributed by atoms with van der Waals surface area (Å²) in [5.74, 6) is 0. The maximum absolute atomic E-state index is 8.50. The fourth-order valence-electron chi connectivity index (χ4n) is 0.716. The molecule has 0 bridgehead atoms. The molecular weight excluding hydrogens is 126 g/mol. The predicted molar refractivity (Wildman–Crippen MR) is 39.0 cm³/mol. The van der Waals surface area contributed by atoms with Crippen LogP contribution in [0.4, 0.5) is 0 Å². The summed E-state index contributed by atoms with van der Waals surface area (Å²) >= 11 is 0. The second-order valence-electron chi connectivity index (χ2n) is 1.80. The third-order valence-corrected chi connectivity index (χ3v) is 1.16. The Bertz CT molecular complexity index is 277. The second kappa shape index (κ2) is 2.83. The highest BCUT2D eigenvalue weighted by Crippen LogP contribution is 2.00. The van der Waals surface area contributed by atoms with Crippen molar-refractivity contribution in [3.05, 3.63) is 23.5 Å². The molecule has 50 valence electrons. The second-order valence-corrected chi connectivity index (χ2v) is 1.80. The Morgan fingerprint density at radius 3 is 3.20 bits per heavy atom. The number of nitrogens with zero attached hydrogens (tertiary/aromatic N) is 2. The smallest absolute Gasteiger partial charge is 0.101 e. The number of nitriles is 1. The van der Waals surface area contributed by atoms with Crippen LogP contribution in [0.2, 0.25) is 0 Å². The van der Waals surface area contributed by atoms with Crippen molar-refractivity contribution in [2.24, 2.45) is 4.99 Å². The lowest BCUT2D eigenvalue weighted by molar-refractivity contribution is 1.35. The summed E-state index contributed by atoms with van der Waals surface area (Å²) in [7, 11) is 1.67. The zero-order chi connectivity index (χ0) is 7.40. The molecule has 3 heteroatoms. The monoisotopic (exact) mass is 133 g/mol. The van der Waals surface area contributed by atoms with Crippen LogP contribution in [0.5, 0.6) is 0 Å². The van der Waals surface area contributed by atoms with E-state index in [1.54, 1.807) is 25.5 Å². The molecule has 1 heterocycles. The summed E-state index contributed by atoms with van der Waals surface area (Å²) in [6.45, 7) is 0. The summed E-state index contributed by atoms with van der Waals surface area (Å²) < 4.78 is 0. The fraction of sp³-hybridized carbons (Fsp3) is 0.143. The highest BCUT2D eigenvalue weighted by molar-refractivity contribution is 5.80. The molecule has 0 radical (unpaired) electrons. The van der Waals surface area contributed by atoms with Crippen LogP contribution in [0.25, 0.3) is 0 Å². The molecule has 0 aromatic carbocycles. The Morgan fingerprint density at radius 2 is 2.60 bits per heavy atom. The van der Waals surface area contributed by atoms with Gasteiger partial charge in [0.15, 0.2) is 0 Å². The van der Waals surface area contributed by atoms with Crippen molar-refractivity contribution < 1.29 is 0 Å². The Kier molecular flexibility index (Phi) is 1.86. The molecule has 0 aliphatic heterocycles. The standard InChI is InChI=1S/C7H7N3/c1-9-5-7-6(4-8)2-3-10-7/h2-3,5,10H,1H3. The minimum Gasteiger partial charge on any atom is -0.359 e. The van der Waals surface area contributed by atoms with Crippen molar-refractivity contribution >= 4 is 6.21 Å². The van der Waals surface area contributed by atoms with Crippen LogP contribution < -0.4 is 0 Å². The van der Waals surface area contributed by atoms with E-state index < -0.39 is 0 Å². The van der Waals surface area contributed by atoms with Gasteiger partial charge in [0.05, 0.1) is 11.3 Å². The third kappa shape index (κ3) is 1.06. The Labute approximate surface area is 59.0 Å². The maximum atomic E-state index is 8.50. The predicted octanol–water partition coefficient (Wildman–Crippen LogP) is 0.935. The van der Waals surface area contributed by atoms with Crippen LogP contribution >= 0.6 is 0 Å². The van der Waals surface area contributed by atoms with Crippen LogP contribution in [-0.4, -0.2) is 18.2 Å². The fourth-order valence-corrected chi connectivity index (χ4v) is 0.716. The number of hydrogen-bond donors (Lipinski definition) is 1. The molecule has 1 aromatic rings. The Morgan fingerprint density at radius 1 is 1.80 bits per heavy atom. The molecule has 0 fully saturated rings. The highest BCUT2D eigenvalue weighted by atomic mass is 14.7. The number of aliphatic imine (C=N–C) groups is 1. The number of rotatable bonds is 1. The SMILES string of the molecule is CN=Cc1[nH]ccc1C#N. The highest BCUT2D eigenvalue weighted by Gasteiger charge is 1.96. The normalized spacial score (nSPS) is 10.0. The van der Waals surface area contributed by atoms with Crippen LogP contribution in [0.15, 0.2) is 17.3 Å². The van der Waals surface area contributed by atoms with Crippen molar-refractivity contribution in [1.82, 2.24) is 4.98 Å². The summed E-state index contributed by atoms with van der Waals surface area (Å²) in [5, 5.41) is 8.50. The number of aromatic nitrogens is 1. The van der Waals surface area contributed by atoms with E-state index in [4.69, 9.17) is 5.26 Å². The molecule has 0 spiro atoms. The molecule has 0 aliphatic carbocycles. The summed E-state index contributed by atoms with van der Waals surface area (Å²) in [6, 6.07) is 3.76. The minimum atomic E-state index is 0.630. The van der Waals surface area contributed by atoms with Gasteiger partial charge in [0.2, 0.25) is 0 Å². The van der Waals surface area contributed by atoms with Gasteiger partial charge in [-0.3, -0.25) is 4.99 Å². The van der Waals surface area contributed by atoms with Gasteiger partial charge in [-0.25, -0.2) is 0 Å². The lowest BCUT2D eigenvalue weighted by atomic mass is 10.3. The molecular formula is C7H7N3. The van der Waals surface area contributed by atoms with Crippen molar-refractivity contribution in [1.29, 1.82) is 5.26 Å². The first-order valence-corrected chi connectivity index (χ1v) is 2.88. The average molecular weight is 133 g/mol. The molecule has 3 nitrogen and oxygen atoms in total. The van der Waals surface area contributed by atoms with Crippen LogP contribution in [-0.2, 0) is 0 Å². The molecule has 1 rings (SSSR count). The van der Waals surface area contributed by atoms with Gasteiger partial charge >= 0.3 is 0 Å². The van der Waals surface area contributed by atoms with Crippen LogP contribution in [0.1, 0.15) is 11.3 Å². The molecule has 0 saturated carbocycles. The van der Waals surface area contributed by atoms with E-state index in [0.29, 0.717) is 5.56 Å². The van der Waals surface area contributed by atoms with Crippen molar-refractivity contribution in [3.8, 4) is 6.07 Å². The summed E-state index contributed by atoms with van der Waals surface area (Å²) in [5.41, 5.74) is 1.40. The van der Waals surface area contributed by atoms with Crippen LogP contribution in [0.3, 0.4) is 0 Å². The molecule has 0 unspecified atom stereocenters. The van der Waals surface area contributed by atoms with Gasteiger partial charge in [-0.1, -0.05) is 0 Å². The summed E-state index contributed by atoms with van der Waals surface area (Å²) in [6.07, 6.45) is 3.34. The number of aromatic amines is 1. The first-order valence-electron chi connectivity index (χ1n) is 2.88. The largest absolute Gasteiger partial charge is 0.359 e. The summed E-state index contributed by atoms with van der Waals surface area (Å²) in [4.78, 5) is 6.67. The molecule has 1 aromatic heterocycles. The van der Waals surface area contributed by atoms with Crippen molar-refractivity contribution in [3.63, 3.8) is 0 Å². The van der Waals surface area contributed by atoms with E-state index >= 15 is 0 Å². The lowest BCUT2D eigenvalue weighted by Gasteiger charge is -1.83. The van der Waals surface area contributed by atoms with E-state index in [1.807, 2.05) is 6.07 Å². The van der Waals surface area contributed by atoms with Crippen molar-refractivity contribution in [2.45, 2.75) is 0 Å². The number of hydrogen-bond acceptors (Lipinski definition) is 2. The Balaban J connectivity index is 3.04. The van der Waals surface area contributed by atoms with E-state index in [2.05, 4.69) is 9.98 Å². The van der Waals surface area contributed by atoms with Gasteiger partial charge in [0.1, 0.15) is 6.07 Å². The number of nitrogens with one attached hydrogen (secondary N) is 1. The van der Waals surface area contributed by atoms with Gasteiger partial charge in [-0.2, -0.15) is 5.26 Å². The van der Waals surface area contributed by atoms with Gasteiger partial charge in [-0.05, 0) is 6.07 Å². The van der Waals surface area contributed by atoms with Crippen molar-refractivity contribution in [2.75, 3.05) is 7.05 Å². The third-order valence-electron chi connectivity index (χ3n) is 1.16. The maximum Gasteiger partial charge on any atom is 0.101 e. The molecule has 0 saturated heterocycles. The average Bonchev–Trinajstić information content (AvgIpc) is 2.36. The first kappa shape index (κ1) is 6.56. The Hall–Kier alpha value is -1.56. The van der Waals surface area contributed by atoms with Gasteiger partial charge in [0.25, 0.3) is 0 Å². The van der Waals surface area contributed by atoms with Gasteiger partial charge in [0, 0.05) is 19.5 Å². The van der Waals surface area contributed by atoms with E-state index in [9.17, 15) is 0 Å². The van der Waals surface area contributed by atoms with Gasteiger partial charge in [-0.15, -0.1) is 0 Å². The molecule has 10 heavy (non-hydrogen) atoms. The van der Waals surface area contributed by atoms with E-state index in [1.165, 1.54) is 0 Å². The van der Waals surface area contributed by atoms with Gasteiger partial charge < -0.3 is 4.98 Å². The molecule has 0 aliphatic rings. The van der Waals surface area contributed by atoms with E-state index in [0.717, 1.165) is 5.69 Å².